The number of nitrogens with one attached hydrogen (secondary N) is 1. The normalized spacial score (nSPS) is 10.8. The molecule has 0 saturated heterocycles. The number of nitrogens with zero attached hydrogens (tertiary/aromatic N) is 1. The van der Waals surface area contributed by atoms with E-state index in [1.165, 1.54) is 18.2 Å². The summed E-state index contributed by atoms with van der Waals surface area (Å²) in [6, 6.07) is 11.8. The van der Waals surface area contributed by atoms with Crippen molar-refractivity contribution in [2.45, 2.75) is 20.4 Å². The summed E-state index contributed by atoms with van der Waals surface area (Å²) in [5, 5.41) is 2.82. The molecule has 0 unspecified atom stereocenters. The topological polar surface area (TPSA) is 41.6 Å². The molecule has 2 rings (SSSR count). The van der Waals surface area contributed by atoms with Gasteiger partial charge in [0.2, 0.25) is 0 Å². The Morgan fingerprint density at radius 3 is 2.64 bits per heavy atom. The van der Waals surface area contributed by atoms with Gasteiger partial charge in [0.05, 0.1) is 4.47 Å². The maximum absolute atomic E-state index is 13.0. The van der Waals surface area contributed by atoms with Gasteiger partial charge in [0.15, 0.2) is 6.61 Å². The largest absolute Gasteiger partial charge is 0.483 e. The summed E-state index contributed by atoms with van der Waals surface area (Å²) >= 11 is 3.21. The molecule has 0 saturated carbocycles. The average molecular weight is 409 g/mol. The first-order valence-corrected chi connectivity index (χ1v) is 9.00. The van der Waals surface area contributed by atoms with E-state index in [4.69, 9.17) is 4.74 Å². The van der Waals surface area contributed by atoms with Crippen LogP contribution in [0, 0.1) is 5.82 Å². The minimum Gasteiger partial charge on any atom is -0.483 e. The lowest BCUT2D eigenvalue weighted by Crippen LogP contribution is -2.22. The molecule has 0 aliphatic rings. The average Bonchev–Trinajstić information content (AvgIpc) is 2.59. The van der Waals surface area contributed by atoms with Crippen LogP contribution < -0.4 is 10.1 Å². The fourth-order valence-corrected chi connectivity index (χ4v) is 2.85. The van der Waals surface area contributed by atoms with E-state index in [-0.39, 0.29) is 18.3 Å². The number of hydrogen-bond donors (Lipinski definition) is 1. The van der Waals surface area contributed by atoms with Gasteiger partial charge in [-0.25, -0.2) is 4.39 Å². The van der Waals surface area contributed by atoms with Crippen molar-refractivity contribution >= 4 is 27.5 Å². The van der Waals surface area contributed by atoms with Gasteiger partial charge in [-0.15, -0.1) is 0 Å². The smallest absolute Gasteiger partial charge is 0.262 e. The number of benzene rings is 2. The predicted octanol–water partition coefficient (Wildman–Crippen LogP) is 4.45. The second-order valence-electron chi connectivity index (χ2n) is 5.57. The molecule has 0 fully saturated rings. The molecule has 2 aromatic rings. The van der Waals surface area contributed by atoms with Gasteiger partial charge in [-0.1, -0.05) is 26.0 Å². The highest BCUT2D eigenvalue weighted by atomic mass is 79.9. The van der Waals surface area contributed by atoms with E-state index in [0.717, 1.165) is 30.9 Å². The van der Waals surface area contributed by atoms with E-state index >= 15 is 0 Å². The highest BCUT2D eigenvalue weighted by Gasteiger charge is 2.08. The molecular weight excluding hydrogens is 387 g/mol. The van der Waals surface area contributed by atoms with Gasteiger partial charge < -0.3 is 10.1 Å². The maximum atomic E-state index is 13.0. The number of hydrogen-bond acceptors (Lipinski definition) is 3. The summed E-state index contributed by atoms with van der Waals surface area (Å²) in [7, 11) is 0. The number of carbonyl (C=O) groups excluding carboxylic acids is 1. The van der Waals surface area contributed by atoms with Crippen LogP contribution in [0.4, 0.5) is 10.1 Å². The number of halogens is 2. The molecule has 0 aromatic heterocycles. The van der Waals surface area contributed by atoms with E-state index in [1.54, 1.807) is 0 Å². The zero-order valence-corrected chi connectivity index (χ0v) is 16.0. The standard InChI is InChI=1S/C19H22BrFN2O2/c1-3-23(4-2)12-14-6-5-7-16(10-14)22-19(24)13-25-18-9-8-15(21)11-17(18)20/h5-11H,3-4,12-13H2,1-2H3,(H,22,24). The molecule has 134 valence electrons. The van der Waals surface area contributed by atoms with E-state index in [0.29, 0.717) is 10.2 Å². The van der Waals surface area contributed by atoms with E-state index in [2.05, 4.69) is 40.0 Å². The molecular formula is C19H22BrFN2O2. The van der Waals surface area contributed by atoms with Crippen molar-refractivity contribution in [3.8, 4) is 5.75 Å². The molecule has 0 aliphatic heterocycles. The number of ether oxygens (including phenoxy) is 1. The first-order valence-electron chi connectivity index (χ1n) is 8.20. The third-order valence-electron chi connectivity index (χ3n) is 3.76. The zero-order valence-electron chi connectivity index (χ0n) is 14.4. The van der Waals surface area contributed by atoms with Crippen molar-refractivity contribution in [3.63, 3.8) is 0 Å². The van der Waals surface area contributed by atoms with Crippen molar-refractivity contribution in [2.24, 2.45) is 0 Å². The molecule has 25 heavy (non-hydrogen) atoms. The van der Waals surface area contributed by atoms with Gasteiger partial charge in [-0.05, 0) is 64.9 Å². The molecule has 0 atom stereocenters. The Morgan fingerprint density at radius 1 is 1.20 bits per heavy atom. The second-order valence-corrected chi connectivity index (χ2v) is 6.43. The summed E-state index contributed by atoms with van der Waals surface area (Å²) in [5.41, 5.74) is 1.88. The summed E-state index contributed by atoms with van der Waals surface area (Å²) in [4.78, 5) is 14.4. The molecule has 0 radical (unpaired) electrons. The molecule has 0 heterocycles. The molecule has 2 aromatic carbocycles. The van der Waals surface area contributed by atoms with Gasteiger partial charge in [0, 0.05) is 12.2 Å². The second kappa shape index (κ2) is 9.53. The van der Waals surface area contributed by atoms with Crippen LogP contribution in [0.15, 0.2) is 46.9 Å². The Labute approximate surface area is 156 Å². The Kier molecular flexibility index (Phi) is 7.40. The molecule has 0 aliphatic carbocycles. The Balaban J connectivity index is 1.91. The van der Waals surface area contributed by atoms with Crippen LogP contribution in [0.1, 0.15) is 19.4 Å². The number of amides is 1. The van der Waals surface area contributed by atoms with Gasteiger partial charge in [0.1, 0.15) is 11.6 Å². The van der Waals surface area contributed by atoms with Crippen LogP contribution >= 0.6 is 15.9 Å². The Bertz CT molecular complexity index is 720. The van der Waals surface area contributed by atoms with Gasteiger partial charge in [-0.3, -0.25) is 9.69 Å². The van der Waals surface area contributed by atoms with Crippen molar-refractivity contribution in [1.82, 2.24) is 4.90 Å². The lowest BCUT2D eigenvalue weighted by Gasteiger charge is -2.18. The quantitative estimate of drug-likeness (QED) is 0.701. The monoisotopic (exact) mass is 408 g/mol. The van der Waals surface area contributed by atoms with Crippen molar-refractivity contribution < 1.29 is 13.9 Å². The Morgan fingerprint density at radius 2 is 1.96 bits per heavy atom. The number of rotatable bonds is 8. The zero-order chi connectivity index (χ0) is 18.2. The van der Waals surface area contributed by atoms with Crippen LogP contribution in [-0.4, -0.2) is 30.5 Å². The van der Waals surface area contributed by atoms with Crippen molar-refractivity contribution in [1.29, 1.82) is 0 Å². The van der Waals surface area contributed by atoms with Crippen LogP contribution in [0.2, 0.25) is 0 Å². The third kappa shape index (κ3) is 6.14. The molecule has 0 bridgehead atoms. The van der Waals surface area contributed by atoms with Crippen molar-refractivity contribution in [2.75, 3.05) is 25.0 Å². The molecule has 1 N–H and O–H groups in total. The lowest BCUT2D eigenvalue weighted by molar-refractivity contribution is -0.118. The van der Waals surface area contributed by atoms with Gasteiger partial charge in [0.25, 0.3) is 5.91 Å². The highest BCUT2D eigenvalue weighted by Crippen LogP contribution is 2.25. The van der Waals surface area contributed by atoms with Crippen molar-refractivity contribution in [3.05, 3.63) is 58.3 Å². The summed E-state index contributed by atoms with van der Waals surface area (Å²) in [6.07, 6.45) is 0. The molecule has 6 heteroatoms. The van der Waals surface area contributed by atoms with Gasteiger partial charge >= 0.3 is 0 Å². The minimum absolute atomic E-state index is 0.148. The minimum atomic E-state index is -0.367. The summed E-state index contributed by atoms with van der Waals surface area (Å²) in [5.74, 6) is -0.211. The summed E-state index contributed by atoms with van der Waals surface area (Å²) in [6.45, 7) is 6.90. The first kappa shape index (κ1) is 19.4. The SMILES string of the molecule is CCN(CC)Cc1cccc(NC(=O)COc2ccc(F)cc2Br)c1. The van der Waals surface area contributed by atoms with Crippen LogP contribution in [0.25, 0.3) is 0 Å². The van der Waals surface area contributed by atoms with E-state index < -0.39 is 0 Å². The number of anilines is 1. The molecule has 4 nitrogen and oxygen atoms in total. The maximum Gasteiger partial charge on any atom is 0.262 e. The highest BCUT2D eigenvalue weighted by molar-refractivity contribution is 9.10. The van der Waals surface area contributed by atoms with E-state index in [1.807, 2.05) is 24.3 Å². The fourth-order valence-electron chi connectivity index (χ4n) is 2.39. The molecule has 1 amide bonds. The van der Waals surface area contributed by atoms with E-state index in [9.17, 15) is 9.18 Å². The van der Waals surface area contributed by atoms with Crippen LogP contribution in [0.5, 0.6) is 5.75 Å². The Hall–Kier alpha value is -1.92. The van der Waals surface area contributed by atoms with Gasteiger partial charge in [-0.2, -0.15) is 0 Å². The van der Waals surface area contributed by atoms with Crippen LogP contribution in [-0.2, 0) is 11.3 Å². The van der Waals surface area contributed by atoms with Crippen LogP contribution in [0.3, 0.4) is 0 Å². The molecule has 0 spiro atoms. The first-order chi connectivity index (χ1) is 12.0. The summed E-state index contributed by atoms with van der Waals surface area (Å²) < 4.78 is 18.9. The third-order valence-corrected chi connectivity index (χ3v) is 4.38. The number of carbonyl (C=O) groups is 1. The fraction of sp³-hybridized carbons (Fsp3) is 0.316. The lowest BCUT2D eigenvalue weighted by atomic mass is 10.2. The predicted molar refractivity (Wildman–Crippen MR) is 101 cm³/mol.